The molecule has 0 bridgehead atoms. The Morgan fingerprint density at radius 1 is 1.83 bits per heavy atom. The second-order valence-corrected chi connectivity index (χ2v) is 1.29. The molecule has 1 atom stereocenters. The largest absolute Gasteiger partial charge is 0.396 e. The van der Waals surface area contributed by atoms with E-state index < -0.39 is 6.17 Å². The minimum Gasteiger partial charge on any atom is -0.396 e. The number of aliphatic hydroxyl groups is 1. The van der Waals surface area contributed by atoms with Gasteiger partial charge in [0, 0.05) is 13.0 Å². The predicted molar refractivity (Wildman–Crippen MR) is 22.3 cm³/mol. The molecule has 0 aliphatic heterocycles. The summed E-state index contributed by atoms with van der Waals surface area (Å²) in [4.78, 5) is 0. The van der Waals surface area contributed by atoms with Crippen molar-refractivity contribution < 1.29 is 9.50 Å². The van der Waals surface area contributed by atoms with Gasteiger partial charge in [0.15, 0.2) is 0 Å². The number of alkyl halides is 1. The number of halogens is 1. The maximum Gasteiger partial charge on any atom is 0.0995 e. The normalized spacial score (nSPS) is 14.5. The van der Waals surface area contributed by atoms with E-state index >= 15 is 0 Å². The van der Waals surface area contributed by atoms with Crippen molar-refractivity contribution in [2.75, 3.05) is 6.61 Å². The minimum absolute atomic E-state index is 0.0440. The van der Waals surface area contributed by atoms with Crippen LogP contribution in [-0.4, -0.2) is 17.9 Å². The Morgan fingerprint density at radius 3 is 2.33 bits per heavy atom. The molecule has 0 aromatic rings. The Bertz CT molecular complexity index is 28.7. The summed E-state index contributed by atoms with van der Waals surface area (Å²) in [7, 11) is 0. The molecule has 0 aliphatic rings. The smallest absolute Gasteiger partial charge is 0.0995 e. The van der Waals surface area contributed by atoms with Gasteiger partial charge in [-0.2, -0.15) is 0 Å². The fraction of sp³-hybridized carbons (Fsp3) is 1.00. The Kier molecular flexibility index (Phi) is 3.04. The molecule has 0 unspecified atom stereocenters. The van der Waals surface area contributed by atoms with Gasteiger partial charge in [0.25, 0.3) is 0 Å². The fourth-order valence-corrected chi connectivity index (χ4v) is 0.178. The average molecular weight is 92.1 g/mol. The zero-order valence-electron chi connectivity index (χ0n) is 3.82. The van der Waals surface area contributed by atoms with Crippen molar-refractivity contribution in [1.29, 1.82) is 0 Å². The molecule has 38 valence electrons. The van der Waals surface area contributed by atoms with Gasteiger partial charge in [-0.25, -0.2) is 4.39 Å². The lowest BCUT2D eigenvalue weighted by molar-refractivity contribution is 0.231. The molecule has 6 heavy (non-hydrogen) atoms. The van der Waals surface area contributed by atoms with E-state index in [1.54, 1.807) is 0 Å². The van der Waals surface area contributed by atoms with Gasteiger partial charge in [-0.3, -0.25) is 0 Å². The first-order valence-corrected chi connectivity index (χ1v) is 2.02. The van der Waals surface area contributed by atoms with E-state index in [0.717, 1.165) is 0 Å². The first-order chi connectivity index (χ1) is 2.77. The van der Waals surface area contributed by atoms with Crippen LogP contribution in [0, 0.1) is 0 Å². The van der Waals surface area contributed by atoms with E-state index in [1.807, 2.05) is 0 Å². The maximum atomic E-state index is 11.5. The van der Waals surface area contributed by atoms with Crippen LogP contribution in [0.5, 0.6) is 0 Å². The molecule has 0 saturated carbocycles. The summed E-state index contributed by atoms with van der Waals surface area (Å²) in [6, 6.07) is 0. The molecule has 0 spiro atoms. The molecule has 1 nitrogen and oxygen atoms in total. The average Bonchev–Trinajstić information content (AvgIpc) is 1.35. The van der Waals surface area contributed by atoms with Crippen molar-refractivity contribution in [2.24, 2.45) is 0 Å². The molecular weight excluding hydrogens is 83.0 g/mol. The van der Waals surface area contributed by atoms with Gasteiger partial charge in [0.05, 0.1) is 6.17 Å². The van der Waals surface area contributed by atoms with Crippen molar-refractivity contribution in [1.82, 2.24) is 0 Å². The number of hydrogen-bond acceptors (Lipinski definition) is 1. The molecule has 0 amide bonds. The third kappa shape index (κ3) is 3.89. The summed E-state index contributed by atoms with van der Waals surface area (Å²) in [5, 5.41) is 8.00. The van der Waals surface area contributed by atoms with Crippen LogP contribution in [0.15, 0.2) is 0 Å². The Labute approximate surface area is 36.8 Å². The van der Waals surface area contributed by atoms with E-state index in [1.165, 1.54) is 6.92 Å². The molecule has 0 fully saturated rings. The highest BCUT2D eigenvalue weighted by molar-refractivity contribution is 4.41. The van der Waals surface area contributed by atoms with Crippen LogP contribution in [0.1, 0.15) is 13.3 Å². The number of hydrogen-bond donors (Lipinski definition) is 1. The van der Waals surface area contributed by atoms with Crippen molar-refractivity contribution in [2.45, 2.75) is 19.5 Å². The summed E-state index contributed by atoms with van der Waals surface area (Å²) in [6.45, 7) is 1.38. The molecule has 2 heteroatoms. The highest BCUT2D eigenvalue weighted by atomic mass is 19.1. The summed E-state index contributed by atoms with van der Waals surface area (Å²) in [5.41, 5.74) is 0. The number of rotatable bonds is 2. The fourth-order valence-electron chi connectivity index (χ4n) is 0.178. The molecule has 0 heterocycles. The van der Waals surface area contributed by atoms with Crippen molar-refractivity contribution in [3.63, 3.8) is 0 Å². The summed E-state index contributed by atoms with van der Waals surface area (Å²) in [5.74, 6) is 0. The lowest BCUT2D eigenvalue weighted by atomic mass is 10.3. The molecular formula is C4H9FO. The molecule has 0 aromatic heterocycles. The van der Waals surface area contributed by atoms with Gasteiger partial charge in [0.2, 0.25) is 0 Å². The third-order valence-electron chi connectivity index (χ3n) is 0.527. The Morgan fingerprint density at radius 2 is 2.33 bits per heavy atom. The van der Waals surface area contributed by atoms with E-state index in [9.17, 15) is 4.39 Å². The zero-order valence-corrected chi connectivity index (χ0v) is 3.82. The summed E-state index contributed by atoms with van der Waals surface area (Å²) >= 11 is 0. The molecule has 0 aliphatic carbocycles. The highest BCUT2D eigenvalue weighted by Crippen LogP contribution is 1.91. The van der Waals surface area contributed by atoms with Gasteiger partial charge in [-0.1, -0.05) is 0 Å². The number of aliphatic hydroxyl groups excluding tert-OH is 1. The van der Waals surface area contributed by atoms with E-state index in [2.05, 4.69) is 0 Å². The van der Waals surface area contributed by atoms with Gasteiger partial charge >= 0.3 is 0 Å². The van der Waals surface area contributed by atoms with Crippen LogP contribution in [0.2, 0.25) is 0 Å². The van der Waals surface area contributed by atoms with E-state index in [0.29, 0.717) is 0 Å². The van der Waals surface area contributed by atoms with Crippen LogP contribution in [0.3, 0.4) is 0 Å². The van der Waals surface area contributed by atoms with E-state index in [4.69, 9.17) is 5.11 Å². The monoisotopic (exact) mass is 92.1 g/mol. The lowest BCUT2D eigenvalue weighted by Gasteiger charge is -1.91. The van der Waals surface area contributed by atoms with Gasteiger partial charge in [0.1, 0.15) is 0 Å². The van der Waals surface area contributed by atoms with Gasteiger partial charge < -0.3 is 5.11 Å². The van der Waals surface area contributed by atoms with Crippen molar-refractivity contribution >= 4 is 0 Å². The lowest BCUT2D eigenvalue weighted by Crippen LogP contribution is -1.94. The molecule has 1 N–H and O–H groups in total. The molecule has 0 rings (SSSR count). The summed E-state index contributed by atoms with van der Waals surface area (Å²) in [6.07, 6.45) is -0.588. The SMILES string of the molecule is C[C@H](F)CCO. The quantitative estimate of drug-likeness (QED) is 0.532. The van der Waals surface area contributed by atoms with Crippen LogP contribution in [0.25, 0.3) is 0 Å². The molecule has 0 saturated heterocycles. The Hall–Kier alpha value is -0.110. The van der Waals surface area contributed by atoms with Crippen molar-refractivity contribution in [3.8, 4) is 0 Å². The second-order valence-electron chi connectivity index (χ2n) is 1.29. The van der Waals surface area contributed by atoms with Crippen LogP contribution >= 0.6 is 0 Å². The maximum absolute atomic E-state index is 11.5. The minimum atomic E-state index is -0.852. The first kappa shape index (κ1) is 5.89. The zero-order chi connectivity index (χ0) is 4.99. The summed E-state index contributed by atoms with van der Waals surface area (Å²) < 4.78 is 11.5. The van der Waals surface area contributed by atoms with Gasteiger partial charge in [-0.15, -0.1) is 0 Å². The third-order valence-corrected chi connectivity index (χ3v) is 0.527. The molecule has 0 radical (unpaired) electrons. The first-order valence-electron chi connectivity index (χ1n) is 2.02. The predicted octanol–water partition coefficient (Wildman–Crippen LogP) is 0.727. The van der Waals surface area contributed by atoms with Crippen LogP contribution in [-0.2, 0) is 0 Å². The highest BCUT2D eigenvalue weighted by Gasteiger charge is 1.91. The Balaban J connectivity index is 2.63. The van der Waals surface area contributed by atoms with Crippen LogP contribution in [0.4, 0.5) is 4.39 Å². The van der Waals surface area contributed by atoms with Crippen molar-refractivity contribution in [3.05, 3.63) is 0 Å². The van der Waals surface area contributed by atoms with E-state index in [-0.39, 0.29) is 13.0 Å². The standard InChI is InChI=1S/C4H9FO/c1-4(5)2-3-6/h4,6H,2-3H2,1H3/t4-/m0/s1. The second kappa shape index (κ2) is 3.09. The van der Waals surface area contributed by atoms with Crippen LogP contribution < -0.4 is 0 Å². The molecule has 0 aromatic carbocycles. The van der Waals surface area contributed by atoms with Gasteiger partial charge in [-0.05, 0) is 6.92 Å². The topological polar surface area (TPSA) is 20.2 Å².